The van der Waals surface area contributed by atoms with E-state index < -0.39 is 5.97 Å². The molecule has 0 bridgehead atoms. The van der Waals surface area contributed by atoms with Gasteiger partial charge >= 0.3 is 5.97 Å². The second-order valence-electron chi connectivity index (χ2n) is 3.66. The third kappa shape index (κ3) is 3.23. The first kappa shape index (κ1) is 13.0. The number of carbonyl (C=O) groups is 1. The van der Waals surface area contributed by atoms with E-state index in [9.17, 15) is 4.79 Å². The summed E-state index contributed by atoms with van der Waals surface area (Å²) < 4.78 is 0.607. The number of hydrogen-bond acceptors (Lipinski definition) is 2. The van der Waals surface area contributed by atoms with Crippen LogP contribution < -0.4 is 5.32 Å². The van der Waals surface area contributed by atoms with E-state index in [1.807, 2.05) is 6.07 Å². The molecule has 2 N–H and O–H groups in total. The molecule has 1 aromatic carbocycles. The number of benzene rings is 1. The third-order valence-electron chi connectivity index (χ3n) is 2.56. The summed E-state index contributed by atoms with van der Waals surface area (Å²) in [6, 6.07) is 5.65. The van der Waals surface area contributed by atoms with Crippen LogP contribution >= 0.6 is 15.9 Å². The van der Waals surface area contributed by atoms with Crippen LogP contribution in [-0.2, 0) is 0 Å². The molecule has 4 heteroatoms. The van der Waals surface area contributed by atoms with Gasteiger partial charge in [-0.15, -0.1) is 0 Å². The summed E-state index contributed by atoms with van der Waals surface area (Å²) in [5, 5.41) is 12.2. The SMILES string of the molecule is CCC(CC)Nc1ccc(C(=O)O)c(Br)c1. The smallest absolute Gasteiger partial charge is 0.336 e. The number of nitrogens with one attached hydrogen (secondary N) is 1. The molecular weight excluding hydrogens is 270 g/mol. The summed E-state index contributed by atoms with van der Waals surface area (Å²) in [6.07, 6.45) is 2.10. The first-order valence-electron chi connectivity index (χ1n) is 5.37. The average molecular weight is 286 g/mol. The zero-order valence-corrected chi connectivity index (χ0v) is 11.0. The Morgan fingerprint density at radius 1 is 1.44 bits per heavy atom. The van der Waals surface area contributed by atoms with Crippen molar-refractivity contribution in [2.45, 2.75) is 32.7 Å². The zero-order chi connectivity index (χ0) is 12.1. The molecule has 16 heavy (non-hydrogen) atoms. The molecule has 0 aliphatic heterocycles. The molecule has 0 saturated heterocycles. The minimum absolute atomic E-state index is 0.287. The fourth-order valence-electron chi connectivity index (χ4n) is 1.51. The fraction of sp³-hybridized carbons (Fsp3) is 0.417. The van der Waals surface area contributed by atoms with Crippen molar-refractivity contribution in [3.05, 3.63) is 28.2 Å². The largest absolute Gasteiger partial charge is 0.478 e. The van der Waals surface area contributed by atoms with Gasteiger partial charge in [0.2, 0.25) is 0 Å². The predicted octanol–water partition coefficient (Wildman–Crippen LogP) is 3.75. The highest BCUT2D eigenvalue weighted by Gasteiger charge is 2.09. The van der Waals surface area contributed by atoms with Crippen molar-refractivity contribution >= 4 is 27.6 Å². The molecular formula is C12H16BrNO2. The Morgan fingerprint density at radius 3 is 2.50 bits per heavy atom. The van der Waals surface area contributed by atoms with Crippen LogP contribution in [0.4, 0.5) is 5.69 Å². The first-order valence-corrected chi connectivity index (χ1v) is 6.17. The van der Waals surface area contributed by atoms with Crippen LogP contribution in [0.2, 0.25) is 0 Å². The highest BCUT2D eigenvalue weighted by Crippen LogP contribution is 2.22. The van der Waals surface area contributed by atoms with E-state index in [0.717, 1.165) is 18.5 Å². The van der Waals surface area contributed by atoms with E-state index in [2.05, 4.69) is 35.1 Å². The fourth-order valence-corrected chi connectivity index (χ4v) is 2.06. The van der Waals surface area contributed by atoms with Crippen LogP contribution in [-0.4, -0.2) is 17.1 Å². The van der Waals surface area contributed by atoms with Gasteiger partial charge in [-0.25, -0.2) is 4.79 Å². The first-order chi connectivity index (χ1) is 7.58. The summed E-state index contributed by atoms with van der Waals surface area (Å²) >= 11 is 3.26. The standard InChI is InChI=1S/C12H16BrNO2/c1-3-8(4-2)14-9-5-6-10(12(15)16)11(13)7-9/h5-8,14H,3-4H2,1-2H3,(H,15,16). The molecule has 0 aliphatic carbocycles. The number of aromatic carboxylic acids is 1. The van der Waals surface area contributed by atoms with Crippen LogP contribution in [0.3, 0.4) is 0 Å². The lowest BCUT2D eigenvalue weighted by Crippen LogP contribution is -2.17. The van der Waals surface area contributed by atoms with Gasteiger partial charge in [-0.05, 0) is 47.0 Å². The van der Waals surface area contributed by atoms with E-state index >= 15 is 0 Å². The highest BCUT2D eigenvalue weighted by atomic mass is 79.9. The minimum atomic E-state index is -0.916. The molecule has 0 aromatic heterocycles. The van der Waals surface area contributed by atoms with Crippen molar-refractivity contribution in [3.8, 4) is 0 Å². The van der Waals surface area contributed by atoms with E-state index in [4.69, 9.17) is 5.11 Å². The molecule has 3 nitrogen and oxygen atoms in total. The van der Waals surface area contributed by atoms with Gasteiger partial charge in [0, 0.05) is 16.2 Å². The van der Waals surface area contributed by atoms with Gasteiger partial charge in [-0.1, -0.05) is 13.8 Å². The normalized spacial score (nSPS) is 10.5. The molecule has 0 radical (unpaired) electrons. The number of anilines is 1. The van der Waals surface area contributed by atoms with Crippen LogP contribution in [0.5, 0.6) is 0 Å². The topological polar surface area (TPSA) is 49.3 Å². The van der Waals surface area contributed by atoms with Crippen molar-refractivity contribution in [2.75, 3.05) is 5.32 Å². The maximum absolute atomic E-state index is 10.8. The van der Waals surface area contributed by atoms with Crippen LogP contribution in [0.15, 0.2) is 22.7 Å². The van der Waals surface area contributed by atoms with E-state index in [1.165, 1.54) is 0 Å². The summed E-state index contributed by atoms with van der Waals surface area (Å²) in [4.78, 5) is 10.8. The van der Waals surface area contributed by atoms with Crippen LogP contribution in [0, 0.1) is 0 Å². The summed E-state index contributed by atoms with van der Waals surface area (Å²) in [5.74, 6) is -0.916. The molecule has 0 saturated carbocycles. The van der Waals surface area contributed by atoms with Crippen molar-refractivity contribution in [3.63, 3.8) is 0 Å². The van der Waals surface area contributed by atoms with E-state index in [0.29, 0.717) is 10.5 Å². The molecule has 0 heterocycles. The second kappa shape index (κ2) is 5.89. The lowest BCUT2D eigenvalue weighted by Gasteiger charge is -2.16. The highest BCUT2D eigenvalue weighted by molar-refractivity contribution is 9.10. The van der Waals surface area contributed by atoms with Gasteiger partial charge in [0.25, 0.3) is 0 Å². The molecule has 1 aromatic rings. The van der Waals surface area contributed by atoms with Gasteiger partial charge in [0.05, 0.1) is 5.56 Å². The summed E-state index contributed by atoms with van der Waals surface area (Å²) in [6.45, 7) is 4.25. The third-order valence-corrected chi connectivity index (χ3v) is 3.21. The van der Waals surface area contributed by atoms with Gasteiger partial charge in [-0.3, -0.25) is 0 Å². The molecule has 0 spiro atoms. The van der Waals surface area contributed by atoms with Gasteiger partial charge in [-0.2, -0.15) is 0 Å². The van der Waals surface area contributed by atoms with Crippen molar-refractivity contribution in [1.82, 2.24) is 0 Å². The lowest BCUT2D eigenvalue weighted by atomic mass is 10.1. The van der Waals surface area contributed by atoms with Crippen LogP contribution in [0.25, 0.3) is 0 Å². The average Bonchev–Trinajstić information content (AvgIpc) is 2.25. The summed E-state index contributed by atoms with van der Waals surface area (Å²) in [5.41, 5.74) is 1.24. The Balaban J connectivity index is 2.84. The minimum Gasteiger partial charge on any atom is -0.478 e. The lowest BCUT2D eigenvalue weighted by molar-refractivity contribution is 0.0696. The van der Waals surface area contributed by atoms with Crippen molar-refractivity contribution < 1.29 is 9.90 Å². The zero-order valence-electron chi connectivity index (χ0n) is 9.46. The van der Waals surface area contributed by atoms with E-state index in [-0.39, 0.29) is 5.56 Å². The number of carboxylic acids is 1. The Hall–Kier alpha value is -1.03. The van der Waals surface area contributed by atoms with E-state index in [1.54, 1.807) is 12.1 Å². The number of hydrogen-bond donors (Lipinski definition) is 2. The monoisotopic (exact) mass is 285 g/mol. The molecule has 0 fully saturated rings. The predicted molar refractivity (Wildman–Crippen MR) is 69.1 cm³/mol. The molecule has 88 valence electrons. The molecule has 0 atom stereocenters. The Labute approximate surface area is 104 Å². The summed E-state index contributed by atoms with van der Waals surface area (Å²) in [7, 11) is 0. The Morgan fingerprint density at radius 2 is 2.06 bits per heavy atom. The number of rotatable bonds is 5. The van der Waals surface area contributed by atoms with Crippen LogP contribution in [0.1, 0.15) is 37.0 Å². The molecule has 0 aliphatic rings. The second-order valence-corrected chi connectivity index (χ2v) is 4.51. The quantitative estimate of drug-likeness (QED) is 0.866. The maximum Gasteiger partial charge on any atom is 0.336 e. The van der Waals surface area contributed by atoms with Crippen molar-refractivity contribution in [1.29, 1.82) is 0 Å². The van der Waals surface area contributed by atoms with Gasteiger partial charge in [0.15, 0.2) is 0 Å². The molecule has 0 amide bonds. The Kier molecular flexibility index (Phi) is 4.80. The van der Waals surface area contributed by atoms with Gasteiger partial charge < -0.3 is 10.4 Å². The molecule has 1 rings (SSSR count). The van der Waals surface area contributed by atoms with Crippen molar-refractivity contribution in [2.24, 2.45) is 0 Å². The Bertz CT molecular complexity index is 375. The number of carboxylic acid groups (broad SMARTS) is 1. The molecule has 0 unspecified atom stereocenters. The van der Waals surface area contributed by atoms with Gasteiger partial charge in [0.1, 0.15) is 0 Å². The maximum atomic E-state index is 10.8. The number of halogens is 1.